The smallest absolute Gasteiger partial charge is 0.313 e. The summed E-state index contributed by atoms with van der Waals surface area (Å²) in [6.07, 6.45) is 0. The van der Waals surface area contributed by atoms with Gasteiger partial charge in [0.05, 0.1) is 7.11 Å². The van der Waals surface area contributed by atoms with E-state index in [1.54, 1.807) is 60.7 Å². The molecule has 0 aliphatic carbocycles. The number of methoxy groups -OCH3 is 1. The van der Waals surface area contributed by atoms with Gasteiger partial charge in [0.25, 0.3) is 0 Å². The standard InChI is InChI=1S/C25H17F5O4S2/c1-33-16-12-14-19(15-13-16)35(17-8-4-2-5-9-17,18-10-6-3-7-11-18)34-36(31,32)25-23(29)21(27)20(26)22(28)24(25)30/h2-15H,1H3. The van der Waals surface area contributed by atoms with Crippen molar-refractivity contribution in [2.75, 3.05) is 7.11 Å². The zero-order chi connectivity index (χ0) is 26.1. The minimum Gasteiger partial charge on any atom is -0.497 e. The van der Waals surface area contributed by atoms with Crippen molar-refractivity contribution in [3.63, 3.8) is 0 Å². The summed E-state index contributed by atoms with van der Waals surface area (Å²) in [7, 11) is -7.52. The molecular formula is C25H17F5O4S2. The van der Waals surface area contributed by atoms with E-state index in [1.807, 2.05) is 0 Å². The van der Waals surface area contributed by atoms with Gasteiger partial charge in [0.15, 0.2) is 28.2 Å². The van der Waals surface area contributed by atoms with Crippen molar-refractivity contribution in [3.8, 4) is 5.75 Å². The Morgan fingerprint density at radius 3 is 1.36 bits per heavy atom. The van der Waals surface area contributed by atoms with Crippen LogP contribution in [0.1, 0.15) is 0 Å². The molecule has 0 atom stereocenters. The van der Waals surface area contributed by atoms with Gasteiger partial charge in [-0.25, -0.2) is 25.6 Å². The molecule has 0 radical (unpaired) electrons. The van der Waals surface area contributed by atoms with Crippen molar-refractivity contribution in [3.05, 3.63) is 114 Å². The molecule has 0 amide bonds. The maximum Gasteiger partial charge on any atom is 0.313 e. The Morgan fingerprint density at radius 1 is 0.556 bits per heavy atom. The Kier molecular flexibility index (Phi) is 7.07. The average molecular weight is 541 g/mol. The van der Waals surface area contributed by atoms with Gasteiger partial charge < -0.3 is 4.74 Å². The third kappa shape index (κ3) is 4.34. The average Bonchev–Trinajstić information content (AvgIpc) is 2.90. The Morgan fingerprint density at radius 2 is 0.944 bits per heavy atom. The lowest BCUT2D eigenvalue weighted by Crippen LogP contribution is -2.19. The molecule has 0 heterocycles. The number of rotatable bonds is 7. The molecule has 4 nitrogen and oxygen atoms in total. The molecule has 11 heteroatoms. The predicted octanol–water partition coefficient (Wildman–Crippen LogP) is 6.99. The van der Waals surface area contributed by atoms with E-state index in [0.717, 1.165) is 0 Å². The van der Waals surface area contributed by atoms with Gasteiger partial charge in [0, 0.05) is 14.7 Å². The van der Waals surface area contributed by atoms with Gasteiger partial charge in [-0.1, -0.05) is 36.4 Å². The third-order valence-corrected chi connectivity index (χ3v) is 10.4. The van der Waals surface area contributed by atoms with Crippen molar-refractivity contribution in [1.29, 1.82) is 0 Å². The Balaban J connectivity index is 2.06. The second kappa shape index (κ2) is 9.92. The van der Waals surface area contributed by atoms with Gasteiger partial charge in [0.1, 0.15) is 5.75 Å². The topological polar surface area (TPSA) is 52.6 Å². The Bertz CT molecular complexity index is 1430. The molecule has 0 aliphatic heterocycles. The molecule has 0 fully saturated rings. The summed E-state index contributed by atoms with van der Waals surface area (Å²) >= 11 is 0. The number of halogens is 5. The summed E-state index contributed by atoms with van der Waals surface area (Å²) in [5, 5.41) is 0. The van der Waals surface area contributed by atoms with Crippen LogP contribution < -0.4 is 4.74 Å². The lowest BCUT2D eigenvalue weighted by Gasteiger charge is -2.39. The molecule has 4 rings (SSSR count). The summed E-state index contributed by atoms with van der Waals surface area (Å²) in [6, 6.07) is 21.9. The molecular weight excluding hydrogens is 523 g/mol. The monoisotopic (exact) mass is 540 g/mol. The zero-order valence-corrected chi connectivity index (χ0v) is 20.1. The van der Waals surface area contributed by atoms with E-state index in [1.165, 1.54) is 31.4 Å². The van der Waals surface area contributed by atoms with Crippen molar-refractivity contribution in [2.45, 2.75) is 19.6 Å². The van der Waals surface area contributed by atoms with Crippen LogP contribution in [0.15, 0.2) is 105 Å². The van der Waals surface area contributed by atoms with E-state index in [4.69, 9.17) is 8.37 Å². The van der Waals surface area contributed by atoms with Crippen LogP contribution in [0.3, 0.4) is 0 Å². The van der Waals surface area contributed by atoms with Crippen molar-refractivity contribution >= 4 is 20.4 Å². The highest BCUT2D eigenvalue weighted by Gasteiger charge is 2.42. The maximum absolute atomic E-state index is 14.6. The van der Waals surface area contributed by atoms with Crippen LogP contribution >= 0.6 is 10.3 Å². The highest BCUT2D eigenvalue weighted by molar-refractivity contribution is 8.33. The second-order valence-electron chi connectivity index (χ2n) is 7.28. The molecule has 0 saturated heterocycles. The van der Waals surface area contributed by atoms with Crippen LogP contribution in [0.4, 0.5) is 22.0 Å². The minimum atomic E-state index is -5.59. The molecule has 36 heavy (non-hydrogen) atoms. The summed E-state index contributed by atoms with van der Waals surface area (Å²) in [5.74, 6) is -11.9. The Labute approximate surface area is 205 Å². The zero-order valence-electron chi connectivity index (χ0n) is 18.4. The first-order chi connectivity index (χ1) is 17.1. The summed E-state index contributed by atoms with van der Waals surface area (Å²) in [6.45, 7) is 0. The highest BCUT2D eigenvalue weighted by Crippen LogP contribution is 2.70. The fraction of sp³-hybridized carbons (Fsp3) is 0.0400. The van der Waals surface area contributed by atoms with Crippen LogP contribution in [-0.2, 0) is 13.7 Å². The fourth-order valence-corrected chi connectivity index (χ4v) is 8.82. The van der Waals surface area contributed by atoms with Gasteiger partial charge in [-0.05, 0) is 58.8 Å². The molecule has 4 aromatic carbocycles. The molecule has 0 bridgehead atoms. The second-order valence-corrected chi connectivity index (χ2v) is 11.7. The quantitative estimate of drug-likeness (QED) is 0.144. The molecule has 0 aliphatic rings. The first kappa shape index (κ1) is 25.7. The van der Waals surface area contributed by atoms with E-state index in [2.05, 4.69) is 0 Å². The number of hydrogen-bond donors (Lipinski definition) is 0. The molecule has 0 saturated carbocycles. The molecule has 0 N–H and O–H groups in total. The Hall–Kier alpha value is -3.41. The van der Waals surface area contributed by atoms with Gasteiger partial charge in [-0.3, -0.25) is 0 Å². The molecule has 0 unspecified atom stereocenters. The number of hydrogen-bond acceptors (Lipinski definition) is 4. The largest absolute Gasteiger partial charge is 0.497 e. The van der Waals surface area contributed by atoms with Gasteiger partial charge in [0.2, 0.25) is 5.82 Å². The van der Waals surface area contributed by atoms with E-state index in [0.29, 0.717) is 5.75 Å². The van der Waals surface area contributed by atoms with Gasteiger partial charge in [-0.15, -0.1) is 0 Å². The first-order valence-corrected chi connectivity index (χ1v) is 13.1. The van der Waals surface area contributed by atoms with Crippen LogP contribution in [-0.4, -0.2) is 15.5 Å². The third-order valence-electron chi connectivity index (χ3n) is 5.15. The lowest BCUT2D eigenvalue weighted by atomic mass is 10.3. The normalized spacial score (nSPS) is 12.4. The summed E-state index contributed by atoms with van der Waals surface area (Å²) < 4.78 is 108. The summed E-state index contributed by atoms with van der Waals surface area (Å²) in [4.78, 5) is -1.24. The van der Waals surface area contributed by atoms with Crippen LogP contribution in [0.2, 0.25) is 0 Å². The molecule has 0 aromatic heterocycles. The fourth-order valence-electron chi connectivity index (χ4n) is 3.49. The van der Waals surface area contributed by atoms with Crippen molar-refractivity contribution < 1.29 is 38.7 Å². The van der Waals surface area contributed by atoms with Crippen LogP contribution in [0.25, 0.3) is 0 Å². The van der Waals surface area contributed by atoms with Crippen molar-refractivity contribution in [2.24, 2.45) is 0 Å². The van der Waals surface area contributed by atoms with E-state index in [-0.39, 0.29) is 14.7 Å². The molecule has 188 valence electrons. The number of ether oxygens (including phenoxy) is 1. The summed E-state index contributed by atoms with van der Waals surface area (Å²) in [5.41, 5.74) is 0. The van der Waals surface area contributed by atoms with E-state index in [9.17, 15) is 30.4 Å². The van der Waals surface area contributed by atoms with E-state index < -0.39 is 54.4 Å². The highest BCUT2D eigenvalue weighted by atomic mass is 32.3. The van der Waals surface area contributed by atoms with Gasteiger partial charge in [-0.2, -0.15) is 8.42 Å². The van der Waals surface area contributed by atoms with E-state index >= 15 is 0 Å². The minimum absolute atomic E-state index is 0.258. The van der Waals surface area contributed by atoms with Crippen LogP contribution in [0, 0.1) is 29.1 Å². The molecule has 0 spiro atoms. The SMILES string of the molecule is COc1ccc(S(OS(=O)(=O)c2c(F)c(F)c(F)c(F)c2F)(c2ccccc2)c2ccccc2)cc1. The first-order valence-electron chi connectivity index (χ1n) is 10.2. The van der Waals surface area contributed by atoms with Crippen molar-refractivity contribution in [1.82, 2.24) is 0 Å². The lowest BCUT2D eigenvalue weighted by molar-refractivity contribution is 0.354. The predicted molar refractivity (Wildman–Crippen MR) is 123 cm³/mol. The number of benzene rings is 4. The maximum atomic E-state index is 14.6. The van der Waals surface area contributed by atoms with Gasteiger partial charge >= 0.3 is 10.1 Å². The molecule has 4 aromatic rings. The van der Waals surface area contributed by atoms with Crippen LogP contribution in [0.5, 0.6) is 5.75 Å².